The van der Waals surface area contributed by atoms with Crippen LogP contribution in [0.15, 0.2) is 86.7 Å². The third kappa shape index (κ3) is 3.90. The van der Waals surface area contributed by atoms with Crippen molar-refractivity contribution < 1.29 is 26.7 Å². The molecule has 0 spiro atoms. The van der Waals surface area contributed by atoms with E-state index in [1.54, 1.807) is 36.4 Å². The predicted octanol–water partition coefficient (Wildman–Crippen LogP) is 5.88. The molecular formula is C26H15F3N4O4. The van der Waals surface area contributed by atoms with Crippen LogP contribution in [-0.2, 0) is 6.18 Å². The fraction of sp³-hybridized carbons (Fsp3) is 0.0769. The lowest BCUT2D eigenvalue weighted by molar-refractivity contribution is -0.137. The number of methoxy groups -OCH3 is 1. The second-order valence-corrected chi connectivity index (χ2v) is 8.03. The summed E-state index contributed by atoms with van der Waals surface area (Å²) in [5.74, 6) is 0.636. The lowest BCUT2D eigenvalue weighted by Gasteiger charge is -2.08. The van der Waals surface area contributed by atoms with Crippen LogP contribution in [0.5, 0.6) is 5.75 Å². The lowest BCUT2D eigenvalue weighted by atomic mass is 10.1. The Morgan fingerprint density at radius 3 is 2.49 bits per heavy atom. The Hall–Kier alpha value is -4.93. The summed E-state index contributed by atoms with van der Waals surface area (Å²) in [7, 11) is 1.52. The van der Waals surface area contributed by atoms with Gasteiger partial charge in [0, 0.05) is 29.4 Å². The average Bonchev–Trinajstić information content (AvgIpc) is 3.53. The third-order valence-corrected chi connectivity index (χ3v) is 5.75. The topological polar surface area (TPSA) is 96.2 Å². The first-order chi connectivity index (χ1) is 17.8. The number of hydrogen-bond acceptors (Lipinski definition) is 7. The molecule has 0 atom stereocenters. The molecule has 0 aliphatic rings. The van der Waals surface area contributed by atoms with Gasteiger partial charge in [-0.2, -0.15) is 18.2 Å². The van der Waals surface area contributed by atoms with Gasteiger partial charge in [0.05, 0.1) is 12.7 Å². The van der Waals surface area contributed by atoms with E-state index in [0.717, 1.165) is 12.1 Å². The lowest BCUT2D eigenvalue weighted by Crippen LogP contribution is -2.19. The van der Waals surface area contributed by atoms with Gasteiger partial charge in [0.1, 0.15) is 16.8 Å². The van der Waals surface area contributed by atoms with Crippen molar-refractivity contribution in [1.82, 2.24) is 19.5 Å². The molecule has 0 unspecified atom stereocenters. The summed E-state index contributed by atoms with van der Waals surface area (Å²) < 4.78 is 57.6. The molecule has 0 radical (unpaired) electrons. The van der Waals surface area contributed by atoms with Crippen molar-refractivity contribution in [3.05, 3.63) is 89.0 Å². The highest BCUT2D eigenvalue weighted by Gasteiger charge is 2.31. The fourth-order valence-electron chi connectivity index (χ4n) is 3.93. The van der Waals surface area contributed by atoms with Crippen LogP contribution in [0.25, 0.3) is 50.9 Å². The van der Waals surface area contributed by atoms with E-state index in [4.69, 9.17) is 13.6 Å². The Morgan fingerprint density at radius 1 is 0.946 bits per heavy atom. The van der Waals surface area contributed by atoms with E-state index in [0.29, 0.717) is 22.2 Å². The molecule has 4 heterocycles. The largest absolute Gasteiger partial charge is 0.497 e. The van der Waals surface area contributed by atoms with Gasteiger partial charge in [0.2, 0.25) is 0 Å². The molecule has 6 rings (SSSR count). The fourth-order valence-corrected chi connectivity index (χ4v) is 3.93. The summed E-state index contributed by atoms with van der Waals surface area (Å²) in [6.45, 7) is 0. The minimum absolute atomic E-state index is 0.0228. The number of oxazole rings is 2. The van der Waals surface area contributed by atoms with Crippen molar-refractivity contribution >= 4 is 22.0 Å². The first-order valence-electron chi connectivity index (χ1n) is 10.9. The van der Waals surface area contributed by atoms with Gasteiger partial charge in [-0.1, -0.05) is 18.2 Å². The highest BCUT2D eigenvalue weighted by molar-refractivity contribution is 5.79. The second kappa shape index (κ2) is 8.33. The number of nitrogens with zero attached hydrogens (tertiary/aromatic N) is 4. The van der Waals surface area contributed by atoms with Crippen molar-refractivity contribution in [2.45, 2.75) is 6.18 Å². The number of benzene rings is 2. The van der Waals surface area contributed by atoms with E-state index in [2.05, 4.69) is 15.0 Å². The molecule has 0 bridgehead atoms. The SMILES string of the molecule is COc1ccc2oc(-c3nc(-n4ccc5cccnc5c4=O)c(-c4ccc(C(F)(F)F)cc4)o3)nc2c1. The molecule has 6 aromatic rings. The minimum atomic E-state index is -4.51. The van der Waals surface area contributed by atoms with Crippen LogP contribution in [0.1, 0.15) is 5.56 Å². The van der Waals surface area contributed by atoms with E-state index in [-0.39, 0.29) is 34.4 Å². The number of pyridine rings is 2. The maximum Gasteiger partial charge on any atom is 0.416 e. The summed E-state index contributed by atoms with van der Waals surface area (Å²) in [6, 6.07) is 14.5. The number of rotatable bonds is 4. The first-order valence-corrected chi connectivity index (χ1v) is 10.9. The number of halogens is 3. The smallest absolute Gasteiger partial charge is 0.416 e. The number of hydrogen-bond donors (Lipinski definition) is 0. The van der Waals surface area contributed by atoms with Crippen LogP contribution in [0.2, 0.25) is 0 Å². The molecule has 0 saturated carbocycles. The van der Waals surface area contributed by atoms with E-state index >= 15 is 0 Å². The second-order valence-electron chi connectivity index (χ2n) is 8.03. The number of fused-ring (bicyclic) bond motifs is 2. The van der Waals surface area contributed by atoms with Crippen LogP contribution in [0.4, 0.5) is 13.2 Å². The van der Waals surface area contributed by atoms with Crippen LogP contribution in [0, 0.1) is 0 Å². The molecule has 11 heteroatoms. The minimum Gasteiger partial charge on any atom is -0.497 e. The van der Waals surface area contributed by atoms with Gasteiger partial charge in [-0.3, -0.25) is 14.3 Å². The van der Waals surface area contributed by atoms with Gasteiger partial charge in [-0.05, 0) is 36.4 Å². The number of alkyl halides is 3. The van der Waals surface area contributed by atoms with Gasteiger partial charge in [-0.15, -0.1) is 0 Å². The van der Waals surface area contributed by atoms with E-state index in [9.17, 15) is 18.0 Å². The maximum absolute atomic E-state index is 13.3. The molecular weight excluding hydrogens is 489 g/mol. The molecule has 4 aromatic heterocycles. The van der Waals surface area contributed by atoms with Gasteiger partial charge in [0.15, 0.2) is 17.2 Å². The monoisotopic (exact) mass is 504 g/mol. The molecule has 0 aliphatic carbocycles. The summed E-state index contributed by atoms with van der Waals surface area (Å²) in [6.07, 6.45) is -1.52. The zero-order chi connectivity index (χ0) is 25.7. The third-order valence-electron chi connectivity index (χ3n) is 5.75. The molecule has 0 fully saturated rings. The van der Waals surface area contributed by atoms with Crippen LogP contribution in [-0.4, -0.2) is 26.6 Å². The molecule has 2 aromatic carbocycles. The number of aromatic nitrogens is 4. The maximum atomic E-state index is 13.3. The van der Waals surface area contributed by atoms with Gasteiger partial charge >= 0.3 is 6.18 Å². The van der Waals surface area contributed by atoms with E-state index in [1.807, 2.05) is 0 Å². The Morgan fingerprint density at radius 2 is 1.73 bits per heavy atom. The normalized spacial score (nSPS) is 11.9. The molecule has 0 saturated heterocycles. The quantitative estimate of drug-likeness (QED) is 0.296. The van der Waals surface area contributed by atoms with Gasteiger partial charge in [-0.25, -0.2) is 4.98 Å². The highest BCUT2D eigenvalue weighted by atomic mass is 19.4. The molecule has 0 aliphatic heterocycles. The van der Waals surface area contributed by atoms with E-state index < -0.39 is 17.3 Å². The Balaban J connectivity index is 1.55. The summed E-state index contributed by atoms with van der Waals surface area (Å²) in [5, 5.41) is 0.622. The number of ether oxygens (including phenoxy) is 1. The van der Waals surface area contributed by atoms with Crippen molar-refractivity contribution in [1.29, 1.82) is 0 Å². The van der Waals surface area contributed by atoms with Crippen molar-refractivity contribution in [3.63, 3.8) is 0 Å². The molecule has 0 amide bonds. The molecule has 184 valence electrons. The zero-order valence-electron chi connectivity index (χ0n) is 19.0. The molecule has 0 N–H and O–H groups in total. The van der Waals surface area contributed by atoms with E-state index in [1.165, 1.54) is 36.2 Å². The van der Waals surface area contributed by atoms with Crippen LogP contribution < -0.4 is 10.3 Å². The summed E-state index contributed by atoms with van der Waals surface area (Å²) in [5.41, 5.74) is 0.0938. The summed E-state index contributed by atoms with van der Waals surface area (Å²) in [4.78, 5) is 26.3. The highest BCUT2D eigenvalue weighted by Crippen LogP contribution is 2.35. The van der Waals surface area contributed by atoms with Crippen LogP contribution >= 0.6 is 0 Å². The molecule has 37 heavy (non-hydrogen) atoms. The van der Waals surface area contributed by atoms with Gasteiger partial charge in [0.25, 0.3) is 17.3 Å². The van der Waals surface area contributed by atoms with Gasteiger partial charge < -0.3 is 13.6 Å². The Labute approximate surface area is 205 Å². The Bertz CT molecular complexity index is 1840. The van der Waals surface area contributed by atoms with Crippen molar-refractivity contribution in [2.24, 2.45) is 0 Å². The van der Waals surface area contributed by atoms with Crippen LogP contribution in [0.3, 0.4) is 0 Å². The molecule has 8 nitrogen and oxygen atoms in total. The standard InChI is InChI=1S/C26H15F3N4O4/c1-35-17-8-9-19-18(13-17)31-23(36-19)24-32-22(33-12-10-14-3-2-11-30-20(14)25(33)34)21(37-24)15-4-6-16(7-5-15)26(27,28)29/h2-13H,1H3. The van der Waals surface area contributed by atoms with Crippen molar-refractivity contribution in [3.8, 4) is 34.7 Å². The van der Waals surface area contributed by atoms with Crippen molar-refractivity contribution in [2.75, 3.05) is 7.11 Å². The first kappa shape index (κ1) is 22.5. The Kier molecular flexibility index (Phi) is 5.07. The average molecular weight is 504 g/mol. The predicted molar refractivity (Wildman–Crippen MR) is 127 cm³/mol. The zero-order valence-corrected chi connectivity index (χ0v) is 19.0. The summed E-state index contributed by atoms with van der Waals surface area (Å²) >= 11 is 0.